The molecule has 4 heterocycles. The van der Waals surface area contributed by atoms with Crippen molar-refractivity contribution in [3.8, 4) is 17.2 Å². The fraction of sp³-hybridized carbons (Fsp3) is 0.500. The second kappa shape index (κ2) is 9.64. The summed E-state index contributed by atoms with van der Waals surface area (Å²) >= 11 is 1.24. The highest BCUT2D eigenvalue weighted by Gasteiger charge is 2.69. The van der Waals surface area contributed by atoms with Crippen LogP contribution in [0.3, 0.4) is 0 Å². The largest absolute Gasteiger partial charge is 0.586 e. The van der Waals surface area contributed by atoms with Gasteiger partial charge in [-0.15, -0.1) is 8.78 Å². The molecule has 6 aliphatic rings. The number of anilines is 2. The minimum absolute atomic E-state index is 0.0518. The van der Waals surface area contributed by atoms with Gasteiger partial charge in [0.25, 0.3) is 11.8 Å². The van der Waals surface area contributed by atoms with Crippen LogP contribution in [0.5, 0.6) is 17.2 Å². The van der Waals surface area contributed by atoms with Crippen LogP contribution in [0.25, 0.3) is 10.2 Å². The van der Waals surface area contributed by atoms with E-state index in [1.165, 1.54) is 11.3 Å². The summed E-state index contributed by atoms with van der Waals surface area (Å²) in [6.45, 7) is 3.62. The maximum absolute atomic E-state index is 14.1. The van der Waals surface area contributed by atoms with Crippen LogP contribution in [0, 0.1) is 0 Å². The first-order valence-corrected chi connectivity index (χ1v) is 17.5. The predicted octanol–water partition coefficient (Wildman–Crippen LogP) is 4.08. The second-order valence-electron chi connectivity index (χ2n) is 13.1. The number of benzene rings is 2. The van der Waals surface area contributed by atoms with E-state index in [1.54, 1.807) is 19.2 Å². The van der Waals surface area contributed by atoms with Gasteiger partial charge in [0.15, 0.2) is 26.5 Å². The fourth-order valence-electron chi connectivity index (χ4n) is 7.43. The maximum atomic E-state index is 14.1. The maximum Gasteiger partial charge on any atom is 0.586 e. The number of aromatic nitrogens is 1. The molecule has 2 amide bonds. The standard InChI is InChI=1S/C30H30F2N4O8S2/c1-14(2)42-20-5-4-18-24(45-27(34-18)36-15-6-16(36)10-46(39,40)9-15)23(20)26(38)33-19-8-22-21(43-30(31,32)44-22)7-17(19)25(37)35-28-11-29(12-28,13-28)41-3/h4-5,7-8,14-16H,6,9-13H2,1-3H3,(H,33,38)(H,35,37). The Balaban J connectivity index is 1.15. The van der Waals surface area contributed by atoms with Gasteiger partial charge in [-0.1, -0.05) is 11.3 Å². The molecule has 3 aliphatic heterocycles. The van der Waals surface area contributed by atoms with Gasteiger partial charge < -0.3 is 34.5 Å². The van der Waals surface area contributed by atoms with Crippen LogP contribution in [0.4, 0.5) is 19.6 Å². The lowest BCUT2D eigenvalue weighted by atomic mass is 9.46. The van der Waals surface area contributed by atoms with Crippen LogP contribution in [-0.4, -0.2) is 79.5 Å². The SMILES string of the molecule is COC12CC(NC(=O)c3cc4c(cc3NC(=O)c3c(OC(C)C)ccc5nc(N6C7CC6CS(=O)(=O)C7)sc35)OC(F)(F)O4)(C1)C2. The van der Waals surface area contributed by atoms with Gasteiger partial charge in [0.1, 0.15) is 11.3 Å². The molecule has 9 rings (SSSR count). The molecule has 3 saturated carbocycles. The molecule has 2 unspecified atom stereocenters. The smallest absolute Gasteiger partial charge is 0.490 e. The number of halogens is 2. The van der Waals surface area contributed by atoms with E-state index < -0.39 is 33.5 Å². The normalized spacial score (nSPS) is 29.0. The van der Waals surface area contributed by atoms with Gasteiger partial charge in [0.05, 0.1) is 44.7 Å². The number of nitrogens with one attached hydrogen (secondary N) is 2. The Kier molecular flexibility index (Phi) is 6.21. The zero-order chi connectivity index (χ0) is 32.4. The minimum Gasteiger partial charge on any atom is -0.490 e. The van der Waals surface area contributed by atoms with Gasteiger partial charge >= 0.3 is 6.29 Å². The molecule has 5 fully saturated rings. The van der Waals surface area contributed by atoms with Crippen molar-refractivity contribution in [1.29, 1.82) is 0 Å². The molecule has 2 atom stereocenters. The van der Waals surface area contributed by atoms with Crippen LogP contribution in [-0.2, 0) is 14.6 Å². The molecule has 3 aliphatic carbocycles. The molecule has 16 heteroatoms. The van der Waals surface area contributed by atoms with Gasteiger partial charge in [-0.3, -0.25) is 9.59 Å². The number of carbonyl (C=O) groups excluding carboxylic acids is 2. The zero-order valence-electron chi connectivity index (χ0n) is 25.0. The second-order valence-corrected chi connectivity index (χ2v) is 16.2. The van der Waals surface area contributed by atoms with Crippen molar-refractivity contribution >= 4 is 54.0 Å². The van der Waals surface area contributed by atoms with Crippen molar-refractivity contribution in [2.45, 2.75) is 75.2 Å². The molecule has 3 aromatic rings. The van der Waals surface area contributed by atoms with Crippen LogP contribution in [0.1, 0.15) is 60.2 Å². The quantitative estimate of drug-likeness (QED) is 0.358. The highest BCUT2D eigenvalue weighted by molar-refractivity contribution is 7.91. The first-order chi connectivity index (χ1) is 21.7. The highest BCUT2D eigenvalue weighted by atomic mass is 32.2. The average Bonchev–Trinajstić information content (AvgIpc) is 3.45. The number of amides is 2. The van der Waals surface area contributed by atoms with E-state index in [1.807, 2.05) is 18.7 Å². The Morgan fingerprint density at radius 3 is 2.41 bits per heavy atom. The topological polar surface area (TPSA) is 145 Å². The van der Waals surface area contributed by atoms with E-state index >= 15 is 0 Å². The molecule has 0 radical (unpaired) electrons. The first-order valence-electron chi connectivity index (χ1n) is 14.9. The Morgan fingerprint density at radius 1 is 1.09 bits per heavy atom. The molecule has 46 heavy (non-hydrogen) atoms. The van der Waals surface area contributed by atoms with Crippen molar-refractivity contribution in [2.75, 3.05) is 28.8 Å². The van der Waals surface area contributed by atoms with Gasteiger partial charge in [-0.2, -0.15) is 0 Å². The Hall–Kier alpha value is -3.76. The first kappa shape index (κ1) is 29.6. The lowest BCUT2D eigenvalue weighted by Gasteiger charge is -2.69. The van der Waals surface area contributed by atoms with Crippen molar-refractivity contribution in [1.82, 2.24) is 10.3 Å². The summed E-state index contributed by atoms with van der Waals surface area (Å²) in [5.41, 5.74) is -0.203. The van der Waals surface area contributed by atoms with Gasteiger partial charge in [0, 0.05) is 30.8 Å². The van der Waals surface area contributed by atoms with E-state index in [4.69, 9.17) is 14.5 Å². The molecule has 2 N–H and O–H groups in total. The molecule has 1 aromatic heterocycles. The Labute approximate surface area is 266 Å². The number of thiazole rings is 1. The average molecular weight is 677 g/mol. The lowest BCUT2D eigenvalue weighted by molar-refractivity contribution is -0.286. The van der Waals surface area contributed by atoms with Crippen LogP contribution in [0.2, 0.25) is 0 Å². The predicted molar refractivity (Wildman–Crippen MR) is 163 cm³/mol. The monoisotopic (exact) mass is 676 g/mol. The van der Waals surface area contributed by atoms with E-state index in [0.717, 1.165) is 18.6 Å². The number of nitrogens with zero attached hydrogens (tertiary/aromatic N) is 2. The van der Waals surface area contributed by atoms with Gasteiger partial charge in [-0.05, 0) is 57.7 Å². The number of sulfone groups is 1. The van der Waals surface area contributed by atoms with E-state index in [0.29, 0.717) is 34.6 Å². The number of carbonyl (C=O) groups is 2. The zero-order valence-corrected chi connectivity index (χ0v) is 26.6. The molecule has 2 aromatic carbocycles. The van der Waals surface area contributed by atoms with Crippen molar-refractivity contribution in [3.05, 3.63) is 35.4 Å². The van der Waals surface area contributed by atoms with Gasteiger partial charge in [-0.25, -0.2) is 13.4 Å². The number of ether oxygens (including phenoxy) is 4. The third-order valence-electron chi connectivity index (χ3n) is 9.37. The third kappa shape index (κ3) is 4.67. The van der Waals surface area contributed by atoms with E-state index in [-0.39, 0.29) is 69.4 Å². The molecular formula is C30H30F2N4O8S2. The number of hydrogen-bond donors (Lipinski definition) is 2. The number of methoxy groups -OCH3 is 1. The van der Waals surface area contributed by atoms with E-state index in [9.17, 15) is 26.8 Å². The van der Waals surface area contributed by atoms with Crippen LogP contribution >= 0.6 is 11.3 Å². The molecule has 4 bridgehead atoms. The molecular weight excluding hydrogens is 646 g/mol. The number of fused-ring (bicyclic) bond motifs is 4. The summed E-state index contributed by atoms with van der Waals surface area (Å²) in [6.07, 6.45) is -1.59. The number of rotatable bonds is 8. The van der Waals surface area contributed by atoms with Crippen molar-refractivity contribution in [3.63, 3.8) is 0 Å². The summed E-state index contributed by atoms with van der Waals surface area (Å²) in [5.74, 6) is -1.54. The van der Waals surface area contributed by atoms with Gasteiger partial charge in [0.2, 0.25) is 0 Å². The van der Waals surface area contributed by atoms with Crippen molar-refractivity contribution in [2.24, 2.45) is 0 Å². The summed E-state index contributed by atoms with van der Waals surface area (Å²) in [7, 11) is -1.49. The minimum atomic E-state index is -3.94. The third-order valence-corrected chi connectivity index (χ3v) is 12.3. The molecule has 2 saturated heterocycles. The van der Waals surface area contributed by atoms with Crippen molar-refractivity contribution < 1.29 is 45.7 Å². The Morgan fingerprint density at radius 2 is 1.76 bits per heavy atom. The summed E-state index contributed by atoms with van der Waals surface area (Å²) in [4.78, 5) is 34.5. The molecule has 244 valence electrons. The van der Waals surface area contributed by atoms with Crippen LogP contribution in [0.15, 0.2) is 24.3 Å². The summed E-state index contributed by atoms with van der Waals surface area (Å²) in [5, 5.41) is 6.32. The lowest BCUT2D eigenvalue weighted by Crippen LogP contribution is -2.79. The number of alkyl halides is 2. The fourth-order valence-corrected chi connectivity index (χ4v) is 10.6. The number of hydrogen-bond acceptors (Lipinski definition) is 11. The van der Waals surface area contributed by atoms with E-state index in [2.05, 4.69) is 20.1 Å². The Bertz CT molecular complexity index is 1910. The molecule has 12 nitrogen and oxygen atoms in total. The molecule has 0 spiro atoms. The summed E-state index contributed by atoms with van der Waals surface area (Å²) < 4.78 is 73.7. The summed E-state index contributed by atoms with van der Waals surface area (Å²) in [6, 6.07) is 5.27. The van der Waals surface area contributed by atoms with Crippen LogP contribution < -0.4 is 29.7 Å². The highest BCUT2D eigenvalue weighted by Crippen LogP contribution is 2.62.